The minimum absolute atomic E-state index is 0.391. The molecule has 17 heavy (non-hydrogen) atoms. The van der Waals surface area contributed by atoms with Gasteiger partial charge in [-0.15, -0.1) is 0 Å². The number of likely N-dealkylation sites (tertiary alicyclic amines) is 1. The average molecular weight is 253 g/mol. The van der Waals surface area contributed by atoms with Gasteiger partial charge in [-0.3, -0.25) is 0 Å². The molecule has 94 valence electrons. The molecule has 1 aliphatic rings. The lowest BCUT2D eigenvalue weighted by molar-refractivity contribution is 0.166. The van der Waals surface area contributed by atoms with E-state index in [4.69, 9.17) is 17.3 Å². The van der Waals surface area contributed by atoms with Crippen molar-refractivity contribution < 1.29 is 0 Å². The molecule has 0 amide bonds. The Balaban J connectivity index is 1.80. The Kier molecular flexibility index (Phi) is 4.43. The molecule has 0 aromatic heterocycles. The maximum absolute atomic E-state index is 6.02. The highest BCUT2D eigenvalue weighted by Crippen LogP contribution is 2.16. The minimum Gasteiger partial charge on any atom is -0.327 e. The number of nitrogens with zero attached hydrogens (tertiary/aromatic N) is 1. The number of nitrogens with two attached hydrogens (primary N) is 1. The van der Waals surface area contributed by atoms with Crippen LogP contribution < -0.4 is 5.73 Å². The molecule has 2 atom stereocenters. The van der Waals surface area contributed by atoms with E-state index < -0.39 is 0 Å². The van der Waals surface area contributed by atoms with Gasteiger partial charge in [0.1, 0.15) is 0 Å². The molecular formula is C14H21ClN2. The third-order valence-corrected chi connectivity index (χ3v) is 3.94. The normalized spacial score (nSPS) is 26.1. The fourth-order valence-electron chi connectivity index (χ4n) is 2.39. The van der Waals surface area contributed by atoms with Crippen molar-refractivity contribution in [3.05, 3.63) is 34.9 Å². The number of hydrogen-bond donors (Lipinski definition) is 1. The lowest BCUT2D eigenvalue weighted by Gasteiger charge is -2.35. The zero-order valence-corrected chi connectivity index (χ0v) is 11.2. The Bertz CT molecular complexity index is 350. The van der Waals surface area contributed by atoms with Gasteiger partial charge in [-0.05, 0) is 43.0 Å². The van der Waals surface area contributed by atoms with Gasteiger partial charge in [-0.1, -0.05) is 30.7 Å². The second kappa shape index (κ2) is 5.85. The number of hydrogen-bond acceptors (Lipinski definition) is 2. The topological polar surface area (TPSA) is 29.3 Å². The highest BCUT2D eigenvalue weighted by atomic mass is 35.5. The minimum atomic E-state index is 0.391. The van der Waals surface area contributed by atoms with E-state index in [1.54, 1.807) is 0 Å². The van der Waals surface area contributed by atoms with Gasteiger partial charge in [0, 0.05) is 24.2 Å². The summed E-state index contributed by atoms with van der Waals surface area (Å²) in [5.41, 5.74) is 7.38. The Labute approximate surface area is 109 Å². The van der Waals surface area contributed by atoms with E-state index >= 15 is 0 Å². The zero-order valence-electron chi connectivity index (χ0n) is 10.4. The van der Waals surface area contributed by atoms with Gasteiger partial charge >= 0.3 is 0 Å². The first-order valence-electron chi connectivity index (χ1n) is 6.37. The van der Waals surface area contributed by atoms with E-state index in [-0.39, 0.29) is 0 Å². The average Bonchev–Trinajstić information content (AvgIpc) is 2.33. The van der Waals surface area contributed by atoms with Gasteiger partial charge < -0.3 is 10.6 Å². The number of halogens is 1. The van der Waals surface area contributed by atoms with Crippen molar-refractivity contribution in [3.8, 4) is 0 Å². The van der Waals surface area contributed by atoms with Gasteiger partial charge in [0.2, 0.25) is 0 Å². The van der Waals surface area contributed by atoms with Gasteiger partial charge in [0.25, 0.3) is 0 Å². The molecule has 0 bridgehead atoms. The van der Waals surface area contributed by atoms with Crippen molar-refractivity contribution in [1.82, 2.24) is 4.90 Å². The summed E-state index contributed by atoms with van der Waals surface area (Å²) in [4.78, 5) is 2.52. The van der Waals surface area contributed by atoms with Crippen LogP contribution in [0.3, 0.4) is 0 Å². The molecule has 0 aliphatic carbocycles. The molecule has 2 nitrogen and oxygen atoms in total. The second-order valence-corrected chi connectivity index (χ2v) is 5.54. The highest BCUT2D eigenvalue weighted by Gasteiger charge is 2.22. The predicted molar refractivity (Wildman–Crippen MR) is 73.4 cm³/mol. The molecule has 1 saturated heterocycles. The van der Waals surface area contributed by atoms with Crippen LogP contribution in [-0.2, 0) is 6.42 Å². The van der Waals surface area contributed by atoms with Crippen LogP contribution in [0.15, 0.2) is 24.3 Å². The predicted octanol–water partition coefficient (Wildman–Crippen LogP) is 2.55. The molecule has 0 radical (unpaired) electrons. The molecule has 2 N–H and O–H groups in total. The Morgan fingerprint density at radius 3 is 2.71 bits per heavy atom. The van der Waals surface area contributed by atoms with Crippen LogP contribution in [-0.4, -0.2) is 30.6 Å². The highest BCUT2D eigenvalue weighted by molar-refractivity contribution is 6.30. The Morgan fingerprint density at radius 1 is 1.35 bits per heavy atom. The molecule has 1 heterocycles. The molecule has 1 aliphatic heterocycles. The van der Waals surface area contributed by atoms with E-state index in [0.717, 1.165) is 37.5 Å². The van der Waals surface area contributed by atoms with Crippen LogP contribution in [0, 0.1) is 5.92 Å². The summed E-state index contributed by atoms with van der Waals surface area (Å²) in [5.74, 6) is 0.619. The molecule has 0 saturated carbocycles. The van der Waals surface area contributed by atoms with Crippen molar-refractivity contribution >= 4 is 11.6 Å². The SMILES string of the molecule is CC1CN(CCc2ccc(Cl)cc2)CCC1N. The van der Waals surface area contributed by atoms with Crippen LogP contribution in [0.2, 0.25) is 5.02 Å². The van der Waals surface area contributed by atoms with E-state index in [0.29, 0.717) is 12.0 Å². The van der Waals surface area contributed by atoms with Crippen molar-refractivity contribution in [2.45, 2.75) is 25.8 Å². The third-order valence-electron chi connectivity index (χ3n) is 3.69. The summed E-state index contributed by atoms with van der Waals surface area (Å²) < 4.78 is 0. The largest absolute Gasteiger partial charge is 0.327 e. The van der Waals surface area contributed by atoms with Gasteiger partial charge in [0.05, 0.1) is 0 Å². The first kappa shape index (κ1) is 12.9. The molecular weight excluding hydrogens is 232 g/mol. The van der Waals surface area contributed by atoms with E-state index in [1.807, 2.05) is 12.1 Å². The molecule has 1 fully saturated rings. The number of benzene rings is 1. The van der Waals surface area contributed by atoms with Crippen LogP contribution in [0.25, 0.3) is 0 Å². The van der Waals surface area contributed by atoms with Crippen molar-refractivity contribution in [2.24, 2.45) is 11.7 Å². The lowest BCUT2D eigenvalue weighted by atomic mass is 9.94. The lowest BCUT2D eigenvalue weighted by Crippen LogP contribution is -2.46. The molecule has 1 aromatic carbocycles. The molecule has 1 aromatic rings. The Hall–Kier alpha value is -0.570. The fraction of sp³-hybridized carbons (Fsp3) is 0.571. The van der Waals surface area contributed by atoms with E-state index in [1.165, 1.54) is 5.56 Å². The van der Waals surface area contributed by atoms with Crippen LogP contribution in [0.4, 0.5) is 0 Å². The molecule has 3 heteroatoms. The first-order chi connectivity index (χ1) is 8.15. The quantitative estimate of drug-likeness (QED) is 0.896. The number of piperidine rings is 1. The molecule has 0 spiro atoms. The smallest absolute Gasteiger partial charge is 0.0406 e. The summed E-state index contributed by atoms with van der Waals surface area (Å²) in [5, 5.41) is 0.811. The standard InChI is InChI=1S/C14H21ClN2/c1-11-10-17(9-7-14(11)16)8-6-12-2-4-13(15)5-3-12/h2-5,11,14H,6-10,16H2,1H3. The van der Waals surface area contributed by atoms with Crippen molar-refractivity contribution in [1.29, 1.82) is 0 Å². The monoisotopic (exact) mass is 252 g/mol. The maximum Gasteiger partial charge on any atom is 0.0406 e. The third kappa shape index (κ3) is 3.70. The number of rotatable bonds is 3. The van der Waals surface area contributed by atoms with Crippen LogP contribution in [0.5, 0.6) is 0 Å². The van der Waals surface area contributed by atoms with Gasteiger partial charge in [-0.2, -0.15) is 0 Å². The van der Waals surface area contributed by atoms with Crippen LogP contribution >= 0.6 is 11.6 Å². The maximum atomic E-state index is 6.02. The Morgan fingerprint density at radius 2 is 2.06 bits per heavy atom. The summed E-state index contributed by atoms with van der Waals surface area (Å²) in [6.07, 6.45) is 2.22. The second-order valence-electron chi connectivity index (χ2n) is 5.11. The molecule has 2 unspecified atom stereocenters. The summed E-state index contributed by atoms with van der Waals surface area (Å²) in [7, 11) is 0. The summed E-state index contributed by atoms with van der Waals surface area (Å²) in [6, 6.07) is 8.54. The first-order valence-corrected chi connectivity index (χ1v) is 6.75. The zero-order chi connectivity index (χ0) is 12.3. The van der Waals surface area contributed by atoms with Gasteiger partial charge in [0.15, 0.2) is 0 Å². The molecule has 2 rings (SSSR count). The summed E-state index contributed by atoms with van der Waals surface area (Å²) >= 11 is 5.87. The summed E-state index contributed by atoms with van der Waals surface area (Å²) in [6.45, 7) is 5.64. The van der Waals surface area contributed by atoms with Crippen molar-refractivity contribution in [3.63, 3.8) is 0 Å². The van der Waals surface area contributed by atoms with Gasteiger partial charge in [-0.25, -0.2) is 0 Å². The van der Waals surface area contributed by atoms with Crippen LogP contribution in [0.1, 0.15) is 18.9 Å². The fourth-order valence-corrected chi connectivity index (χ4v) is 2.52. The van der Waals surface area contributed by atoms with E-state index in [9.17, 15) is 0 Å². The van der Waals surface area contributed by atoms with Crippen molar-refractivity contribution in [2.75, 3.05) is 19.6 Å². The van der Waals surface area contributed by atoms with E-state index in [2.05, 4.69) is 24.0 Å².